The Bertz CT molecular complexity index is 228. The number of likely N-dealkylation sites (tertiary alicyclic amines) is 1. The molecule has 2 bridgehead atoms. The van der Waals surface area contributed by atoms with E-state index in [-0.39, 0.29) is 23.9 Å². The summed E-state index contributed by atoms with van der Waals surface area (Å²) in [5.41, 5.74) is 0. The molecule has 1 aliphatic heterocycles. The lowest BCUT2D eigenvalue weighted by Gasteiger charge is -2.45. The van der Waals surface area contributed by atoms with E-state index in [4.69, 9.17) is 5.11 Å². The zero-order chi connectivity index (χ0) is 10.3. The second-order valence-electron chi connectivity index (χ2n) is 4.74. The van der Waals surface area contributed by atoms with Crippen molar-refractivity contribution in [3.05, 3.63) is 0 Å². The van der Waals surface area contributed by atoms with Crippen LogP contribution in [0.1, 0.15) is 12.8 Å². The number of hydrogen-bond donors (Lipinski definition) is 2. The predicted octanol–water partition coefficient (Wildman–Crippen LogP) is 0.0197. The largest absolute Gasteiger partial charge is 0.481 e. The van der Waals surface area contributed by atoms with Gasteiger partial charge >= 0.3 is 5.97 Å². The SMILES string of the molecule is CN1CC2CC(C(=O)O)CC(C1)C2O. The number of carbonyl (C=O) groups is 1. The fourth-order valence-corrected chi connectivity index (χ4v) is 2.93. The van der Waals surface area contributed by atoms with Gasteiger partial charge in [-0.2, -0.15) is 0 Å². The first-order valence-corrected chi connectivity index (χ1v) is 5.17. The third kappa shape index (κ3) is 1.64. The molecule has 0 amide bonds. The molecule has 1 saturated carbocycles. The number of fused-ring (bicyclic) bond motifs is 2. The molecule has 0 aromatic carbocycles. The van der Waals surface area contributed by atoms with Crippen LogP contribution in [0.4, 0.5) is 0 Å². The van der Waals surface area contributed by atoms with Gasteiger partial charge in [-0.3, -0.25) is 4.79 Å². The Morgan fingerprint density at radius 1 is 1.29 bits per heavy atom. The van der Waals surface area contributed by atoms with Gasteiger partial charge in [-0.15, -0.1) is 0 Å². The molecule has 4 heteroatoms. The molecule has 4 nitrogen and oxygen atoms in total. The van der Waals surface area contributed by atoms with Crippen LogP contribution in [0.2, 0.25) is 0 Å². The van der Waals surface area contributed by atoms with Gasteiger partial charge in [0.25, 0.3) is 0 Å². The van der Waals surface area contributed by atoms with Gasteiger partial charge in [0.15, 0.2) is 0 Å². The van der Waals surface area contributed by atoms with E-state index in [1.165, 1.54) is 0 Å². The highest BCUT2D eigenvalue weighted by atomic mass is 16.4. The molecule has 0 aromatic rings. The van der Waals surface area contributed by atoms with Crippen molar-refractivity contribution in [1.29, 1.82) is 0 Å². The number of aliphatic carboxylic acids is 1. The van der Waals surface area contributed by atoms with Gasteiger partial charge in [-0.05, 0) is 31.7 Å². The second-order valence-corrected chi connectivity index (χ2v) is 4.74. The lowest BCUT2D eigenvalue weighted by Crippen LogP contribution is -2.52. The fraction of sp³-hybridized carbons (Fsp3) is 0.900. The van der Waals surface area contributed by atoms with Crippen LogP contribution >= 0.6 is 0 Å². The molecule has 1 aliphatic carbocycles. The van der Waals surface area contributed by atoms with Crippen LogP contribution in [0.3, 0.4) is 0 Å². The number of aliphatic hydroxyl groups excluding tert-OH is 1. The number of rotatable bonds is 1. The minimum absolute atomic E-state index is 0.161. The Balaban J connectivity index is 2.09. The van der Waals surface area contributed by atoms with Crippen molar-refractivity contribution in [2.45, 2.75) is 18.9 Å². The molecule has 2 fully saturated rings. The maximum atomic E-state index is 10.9. The number of carboxylic acids is 1. The highest BCUT2D eigenvalue weighted by Crippen LogP contribution is 2.37. The number of piperidine rings is 1. The summed E-state index contributed by atoms with van der Waals surface area (Å²) in [4.78, 5) is 13.1. The van der Waals surface area contributed by atoms with Gasteiger partial charge in [0.05, 0.1) is 12.0 Å². The summed E-state index contributed by atoms with van der Waals surface area (Å²) in [6.45, 7) is 1.67. The first-order valence-electron chi connectivity index (χ1n) is 5.17. The van der Waals surface area contributed by atoms with E-state index >= 15 is 0 Å². The van der Waals surface area contributed by atoms with Crippen LogP contribution in [-0.4, -0.2) is 47.3 Å². The van der Waals surface area contributed by atoms with Crippen molar-refractivity contribution in [3.8, 4) is 0 Å². The molecule has 1 saturated heterocycles. The fourth-order valence-electron chi connectivity index (χ4n) is 2.93. The van der Waals surface area contributed by atoms with Gasteiger partial charge in [-0.1, -0.05) is 0 Å². The lowest BCUT2D eigenvalue weighted by molar-refractivity contribution is -0.148. The molecular formula is C10H17NO3. The van der Waals surface area contributed by atoms with Gasteiger partial charge in [0.1, 0.15) is 0 Å². The van der Waals surface area contributed by atoms with E-state index in [0.29, 0.717) is 12.8 Å². The van der Waals surface area contributed by atoms with Crippen LogP contribution < -0.4 is 0 Å². The quantitative estimate of drug-likeness (QED) is 0.625. The molecule has 0 aromatic heterocycles. The summed E-state index contributed by atoms with van der Waals surface area (Å²) in [5, 5.41) is 18.8. The third-order valence-electron chi connectivity index (χ3n) is 3.58. The lowest BCUT2D eigenvalue weighted by atomic mass is 9.70. The van der Waals surface area contributed by atoms with Crippen molar-refractivity contribution in [2.24, 2.45) is 17.8 Å². The standard InChI is InChI=1S/C10H17NO3/c1-11-4-7-2-6(10(13)14)3-8(5-11)9(7)12/h6-9,12H,2-5H2,1H3,(H,13,14). The second kappa shape index (κ2) is 3.51. The molecule has 2 N–H and O–H groups in total. The van der Waals surface area contributed by atoms with E-state index in [2.05, 4.69) is 4.90 Å². The first kappa shape index (κ1) is 9.93. The molecule has 80 valence electrons. The van der Waals surface area contributed by atoms with Crippen molar-refractivity contribution in [2.75, 3.05) is 20.1 Å². The monoisotopic (exact) mass is 199 g/mol. The Kier molecular flexibility index (Phi) is 2.49. The summed E-state index contributed by atoms with van der Waals surface area (Å²) < 4.78 is 0. The van der Waals surface area contributed by atoms with Gasteiger partial charge in [0.2, 0.25) is 0 Å². The van der Waals surface area contributed by atoms with Crippen LogP contribution in [0.15, 0.2) is 0 Å². The van der Waals surface area contributed by atoms with Crippen LogP contribution in [0.25, 0.3) is 0 Å². The minimum Gasteiger partial charge on any atom is -0.481 e. The highest BCUT2D eigenvalue weighted by Gasteiger charge is 2.43. The van der Waals surface area contributed by atoms with Crippen LogP contribution in [-0.2, 0) is 4.79 Å². The van der Waals surface area contributed by atoms with Gasteiger partial charge in [-0.25, -0.2) is 0 Å². The van der Waals surface area contributed by atoms with Crippen LogP contribution in [0.5, 0.6) is 0 Å². The summed E-state index contributed by atoms with van der Waals surface area (Å²) in [6, 6.07) is 0. The Labute approximate surface area is 83.5 Å². The van der Waals surface area contributed by atoms with Crippen molar-refractivity contribution >= 4 is 5.97 Å². The molecule has 0 spiro atoms. The molecule has 2 atom stereocenters. The van der Waals surface area contributed by atoms with E-state index in [9.17, 15) is 9.90 Å². The highest BCUT2D eigenvalue weighted by molar-refractivity contribution is 5.70. The number of aliphatic hydroxyl groups is 1. The minimum atomic E-state index is -0.698. The van der Waals surface area contributed by atoms with Crippen molar-refractivity contribution in [1.82, 2.24) is 4.90 Å². The molecule has 2 aliphatic rings. The average molecular weight is 199 g/mol. The van der Waals surface area contributed by atoms with E-state index in [0.717, 1.165) is 13.1 Å². The van der Waals surface area contributed by atoms with E-state index in [1.54, 1.807) is 0 Å². The topological polar surface area (TPSA) is 60.8 Å². The molecule has 14 heavy (non-hydrogen) atoms. The van der Waals surface area contributed by atoms with Crippen molar-refractivity contribution in [3.63, 3.8) is 0 Å². The van der Waals surface area contributed by atoms with Gasteiger partial charge in [0, 0.05) is 13.1 Å². The Morgan fingerprint density at radius 2 is 1.79 bits per heavy atom. The normalized spacial score (nSPS) is 43.6. The maximum absolute atomic E-state index is 10.9. The maximum Gasteiger partial charge on any atom is 0.306 e. The number of carboxylic acid groups (broad SMARTS) is 1. The number of nitrogens with zero attached hydrogens (tertiary/aromatic N) is 1. The first-order chi connectivity index (χ1) is 6.58. The smallest absolute Gasteiger partial charge is 0.306 e. The predicted molar refractivity (Wildman–Crippen MR) is 50.8 cm³/mol. The van der Waals surface area contributed by atoms with Crippen LogP contribution in [0, 0.1) is 17.8 Å². The summed E-state index contributed by atoms with van der Waals surface area (Å²) in [6.07, 6.45) is 0.996. The zero-order valence-electron chi connectivity index (χ0n) is 8.39. The molecule has 2 unspecified atom stereocenters. The summed E-state index contributed by atoms with van der Waals surface area (Å²) >= 11 is 0. The molecular weight excluding hydrogens is 182 g/mol. The van der Waals surface area contributed by atoms with E-state index < -0.39 is 5.97 Å². The molecule has 0 radical (unpaired) electrons. The molecule has 1 heterocycles. The Hall–Kier alpha value is -0.610. The van der Waals surface area contributed by atoms with Gasteiger partial charge < -0.3 is 15.1 Å². The average Bonchev–Trinajstić information content (AvgIpc) is 2.06. The van der Waals surface area contributed by atoms with Crippen molar-refractivity contribution < 1.29 is 15.0 Å². The van der Waals surface area contributed by atoms with E-state index in [1.807, 2.05) is 7.05 Å². The summed E-state index contributed by atoms with van der Waals surface area (Å²) in [7, 11) is 2.03. The number of hydrogen-bond acceptors (Lipinski definition) is 3. The summed E-state index contributed by atoms with van der Waals surface area (Å²) in [5.74, 6) is -0.610. The molecule has 2 rings (SSSR count). The third-order valence-corrected chi connectivity index (χ3v) is 3.58. The Morgan fingerprint density at radius 3 is 2.21 bits per heavy atom. The zero-order valence-corrected chi connectivity index (χ0v) is 8.39.